The lowest BCUT2D eigenvalue weighted by atomic mass is 9.99. The number of carboxylic acids is 1. The Morgan fingerprint density at radius 3 is 2.68 bits per heavy atom. The normalized spacial score (nSPS) is 15.8. The number of ether oxygens (including phenoxy) is 1. The van der Waals surface area contributed by atoms with E-state index in [-0.39, 0.29) is 17.7 Å². The predicted octanol–water partition coefficient (Wildman–Crippen LogP) is 3.79. The fourth-order valence-corrected chi connectivity index (χ4v) is 3.37. The molecule has 4 rings (SSSR count). The zero-order valence-corrected chi connectivity index (χ0v) is 17.9. The molecule has 2 aromatic rings. The molecule has 0 saturated heterocycles. The molecule has 3 N–H and O–H groups in total. The Bertz CT molecular complexity index is 1010. The molecular formula is C22H27N5O4. The van der Waals surface area contributed by atoms with Crippen molar-refractivity contribution >= 4 is 29.5 Å². The molecule has 9 heteroatoms. The van der Waals surface area contributed by atoms with Gasteiger partial charge in [0.05, 0.1) is 0 Å². The number of amides is 1. The first-order valence-electron chi connectivity index (χ1n) is 10.4. The minimum absolute atomic E-state index is 0.0603. The second kappa shape index (κ2) is 8.05. The largest absolute Gasteiger partial charge is 0.477 e. The van der Waals surface area contributed by atoms with Gasteiger partial charge in [-0.2, -0.15) is 4.98 Å². The van der Waals surface area contributed by atoms with E-state index in [2.05, 4.69) is 20.6 Å². The molecule has 1 aliphatic carbocycles. The number of nitrogens with one attached hydrogen (secondary N) is 2. The SMILES string of the molecule is CC(C)(C)OC(=O)N1CCc2cc(Nc3ncc(C(=O)O)c(NC4CC4)n3)ccc2C1. The van der Waals surface area contributed by atoms with Crippen LogP contribution in [0.25, 0.3) is 0 Å². The minimum Gasteiger partial charge on any atom is -0.477 e. The lowest BCUT2D eigenvalue weighted by Crippen LogP contribution is -2.39. The summed E-state index contributed by atoms with van der Waals surface area (Å²) < 4.78 is 5.47. The Morgan fingerprint density at radius 2 is 2.00 bits per heavy atom. The van der Waals surface area contributed by atoms with Crippen LogP contribution in [0.5, 0.6) is 0 Å². The van der Waals surface area contributed by atoms with Gasteiger partial charge in [-0.15, -0.1) is 0 Å². The lowest BCUT2D eigenvalue weighted by Gasteiger charge is -2.31. The van der Waals surface area contributed by atoms with Gasteiger partial charge in [-0.05, 0) is 63.3 Å². The monoisotopic (exact) mass is 425 g/mol. The molecule has 1 aromatic carbocycles. The van der Waals surface area contributed by atoms with Crippen LogP contribution in [0.1, 0.15) is 55.1 Å². The highest BCUT2D eigenvalue weighted by Crippen LogP contribution is 2.28. The number of anilines is 3. The average molecular weight is 425 g/mol. The van der Waals surface area contributed by atoms with Crippen molar-refractivity contribution in [1.82, 2.24) is 14.9 Å². The van der Waals surface area contributed by atoms with Crippen LogP contribution < -0.4 is 10.6 Å². The van der Waals surface area contributed by atoms with Gasteiger partial charge in [0.25, 0.3) is 0 Å². The van der Waals surface area contributed by atoms with E-state index in [1.54, 1.807) is 4.90 Å². The number of carbonyl (C=O) groups is 2. The average Bonchev–Trinajstić information content (AvgIpc) is 3.50. The molecular weight excluding hydrogens is 398 g/mol. The molecule has 1 fully saturated rings. The maximum absolute atomic E-state index is 12.3. The van der Waals surface area contributed by atoms with Crippen LogP contribution in [0, 0.1) is 0 Å². The van der Waals surface area contributed by atoms with E-state index in [4.69, 9.17) is 4.74 Å². The number of fused-ring (bicyclic) bond motifs is 1. The number of benzene rings is 1. The zero-order chi connectivity index (χ0) is 22.2. The van der Waals surface area contributed by atoms with Crippen LogP contribution in [0.15, 0.2) is 24.4 Å². The molecule has 0 spiro atoms. The van der Waals surface area contributed by atoms with Gasteiger partial charge in [-0.1, -0.05) is 6.07 Å². The highest BCUT2D eigenvalue weighted by molar-refractivity contribution is 5.93. The number of hydrogen-bond donors (Lipinski definition) is 3. The van der Waals surface area contributed by atoms with Crippen LogP contribution >= 0.6 is 0 Å². The molecule has 31 heavy (non-hydrogen) atoms. The second-order valence-corrected chi connectivity index (χ2v) is 8.94. The van der Waals surface area contributed by atoms with E-state index in [0.717, 1.165) is 36.1 Å². The third-order valence-corrected chi connectivity index (χ3v) is 5.06. The molecule has 0 bridgehead atoms. The first kappa shape index (κ1) is 20.9. The van der Waals surface area contributed by atoms with Gasteiger partial charge >= 0.3 is 12.1 Å². The molecule has 1 saturated carbocycles. The number of nitrogens with zero attached hydrogens (tertiary/aromatic N) is 3. The van der Waals surface area contributed by atoms with Gasteiger partial charge in [-0.25, -0.2) is 14.6 Å². The van der Waals surface area contributed by atoms with Crippen LogP contribution in [0.2, 0.25) is 0 Å². The highest BCUT2D eigenvalue weighted by Gasteiger charge is 2.26. The number of rotatable bonds is 5. The summed E-state index contributed by atoms with van der Waals surface area (Å²) in [6.45, 7) is 6.67. The molecule has 1 aliphatic heterocycles. The Kier molecular flexibility index (Phi) is 5.43. The van der Waals surface area contributed by atoms with Crippen molar-refractivity contribution in [2.75, 3.05) is 17.2 Å². The van der Waals surface area contributed by atoms with Gasteiger partial charge in [0, 0.05) is 31.0 Å². The summed E-state index contributed by atoms with van der Waals surface area (Å²) in [4.78, 5) is 34.0. The fourth-order valence-electron chi connectivity index (χ4n) is 3.37. The van der Waals surface area contributed by atoms with Crippen molar-refractivity contribution in [2.45, 2.75) is 58.2 Å². The Balaban J connectivity index is 1.47. The van der Waals surface area contributed by atoms with Crippen LogP contribution in [0.3, 0.4) is 0 Å². The van der Waals surface area contributed by atoms with E-state index in [9.17, 15) is 14.7 Å². The van der Waals surface area contributed by atoms with Crippen molar-refractivity contribution in [2.24, 2.45) is 0 Å². The second-order valence-electron chi connectivity index (χ2n) is 8.94. The van der Waals surface area contributed by atoms with Crippen molar-refractivity contribution in [3.63, 3.8) is 0 Å². The lowest BCUT2D eigenvalue weighted by molar-refractivity contribution is 0.0224. The maximum Gasteiger partial charge on any atom is 0.410 e. The Morgan fingerprint density at radius 1 is 1.23 bits per heavy atom. The predicted molar refractivity (Wildman–Crippen MR) is 116 cm³/mol. The van der Waals surface area contributed by atoms with Crippen LogP contribution in [-0.2, 0) is 17.7 Å². The number of carbonyl (C=O) groups excluding carboxylic acids is 1. The molecule has 9 nitrogen and oxygen atoms in total. The van der Waals surface area contributed by atoms with Gasteiger partial charge in [-0.3, -0.25) is 0 Å². The Labute approximate surface area is 180 Å². The molecule has 2 aliphatic rings. The van der Waals surface area contributed by atoms with Crippen LogP contribution in [0.4, 0.5) is 22.2 Å². The molecule has 0 radical (unpaired) electrons. The molecule has 2 heterocycles. The smallest absolute Gasteiger partial charge is 0.410 e. The zero-order valence-electron chi connectivity index (χ0n) is 17.9. The first-order chi connectivity index (χ1) is 14.7. The molecule has 1 aromatic heterocycles. The van der Waals surface area contributed by atoms with Gasteiger partial charge in [0.1, 0.15) is 17.0 Å². The number of carboxylic acid groups (broad SMARTS) is 1. The standard InChI is InChI=1S/C22H27N5O4/c1-22(2,3)31-21(30)27-9-8-13-10-16(5-4-14(13)12-27)25-20-23-11-17(19(28)29)18(26-20)24-15-6-7-15/h4-5,10-11,15H,6-9,12H2,1-3H3,(H,28,29)(H2,23,24,25,26). The molecule has 1 amide bonds. The summed E-state index contributed by atoms with van der Waals surface area (Å²) >= 11 is 0. The van der Waals surface area contributed by atoms with Crippen molar-refractivity contribution in [3.8, 4) is 0 Å². The summed E-state index contributed by atoms with van der Waals surface area (Å²) in [5.74, 6) is -0.393. The fraction of sp³-hybridized carbons (Fsp3) is 0.455. The summed E-state index contributed by atoms with van der Waals surface area (Å²) in [6, 6.07) is 6.17. The quantitative estimate of drug-likeness (QED) is 0.663. The van der Waals surface area contributed by atoms with Gasteiger partial charge in [0.15, 0.2) is 0 Å². The number of hydrogen-bond acceptors (Lipinski definition) is 7. The maximum atomic E-state index is 12.3. The van der Waals surface area contributed by atoms with E-state index < -0.39 is 11.6 Å². The van der Waals surface area contributed by atoms with Gasteiger partial charge in [0.2, 0.25) is 5.95 Å². The number of aromatic nitrogens is 2. The molecule has 0 atom stereocenters. The topological polar surface area (TPSA) is 117 Å². The third kappa shape index (κ3) is 5.22. The Hall–Kier alpha value is -3.36. The molecule has 0 unspecified atom stereocenters. The highest BCUT2D eigenvalue weighted by atomic mass is 16.6. The molecule has 164 valence electrons. The summed E-state index contributed by atoms with van der Waals surface area (Å²) in [5.41, 5.74) is 2.56. The van der Waals surface area contributed by atoms with E-state index in [0.29, 0.717) is 24.9 Å². The van der Waals surface area contributed by atoms with Crippen LogP contribution in [-0.4, -0.2) is 50.2 Å². The van der Waals surface area contributed by atoms with E-state index >= 15 is 0 Å². The third-order valence-electron chi connectivity index (χ3n) is 5.06. The van der Waals surface area contributed by atoms with E-state index in [1.165, 1.54) is 6.20 Å². The van der Waals surface area contributed by atoms with E-state index in [1.807, 2.05) is 39.0 Å². The van der Waals surface area contributed by atoms with Crippen molar-refractivity contribution in [1.29, 1.82) is 0 Å². The summed E-state index contributed by atoms with van der Waals surface area (Å²) in [6.07, 6.45) is 3.76. The van der Waals surface area contributed by atoms with Gasteiger partial charge < -0.3 is 25.4 Å². The summed E-state index contributed by atoms with van der Waals surface area (Å²) in [7, 11) is 0. The number of aromatic carboxylic acids is 1. The first-order valence-corrected chi connectivity index (χ1v) is 10.4. The summed E-state index contributed by atoms with van der Waals surface area (Å²) in [5, 5.41) is 15.7. The van der Waals surface area contributed by atoms with Crippen molar-refractivity contribution < 1.29 is 19.4 Å². The minimum atomic E-state index is -1.06. The van der Waals surface area contributed by atoms with Crippen molar-refractivity contribution in [3.05, 3.63) is 41.1 Å².